The molecule has 0 atom stereocenters. The van der Waals surface area contributed by atoms with Gasteiger partial charge in [-0.15, -0.1) is 10.2 Å². The molecule has 2 aromatic carbocycles. The minimum Gasteiger partial charge on any atom is -0.436 e. The molecule has 9 nitrogen and oxygen atoms in total. The minimum absolute atomic E-state index is 0.0340. The Bertz CT molecular complexity index is 1380. The van der Waals surface area contributed by atoms with Gasteiger partial charge in [-0.1, -0.05) is 11.6 Å². The second kappa shape index (κ2) is 9.50. The molecular weight excluding hydrogens is 503 g/mol. The van der Waals surface area contributed by atoms with E-state index in [0.29, 0.717) is 12.1 Å². The average molecular weight is 513 g/mol. The molecule has 180 valence electrons. The second-order valence-electron chi connectivity index (χ2n) is 6.62. The first-order valence-corrected chi connectivity index (χ1v) is 9.68. The summed E-state index contributed by atoms with van der Waals surface area (Å²) in [6, 6.07) is 4.05. The number of ether oxygens (including phenoxy) is 1. The molecule has 0 fully saturated rings. The van der Waals surface area contributed by atoms with Crippen LogP contribution in [-0.2, 0) is 6.18 Å². The number of carbonyl (C=O) groups is 1. The van der Waals surface area contributed by atoms with Gasteiger partial charge in [-0.25, -0.2) is 23.5 Å². The average Bonchev–Trinajstić information content (AvgIpc) is 3.33. The molecule has 0 aliphatic rings. The van der Waals surface area contributed by atoms with E-state index in [0.717, 1.165) is 30.9 Å². The largest absolute Gasteiger partial charge is 0.436 e. The third-order valence-corrected chi connectivity index (χ3v) is 4.56. The van der Waals surface area contributed by atoms with Crippen LogP contribution in [0.15, 0.2) is 53.5 Å². The van der Waals surface area contributed by atoms with Crippen molar-refractivity contribution in [1.29, 1.82) is 0 Å². The van der Waals surface area contributed by atoms with E-state index in [-0.39, 0.29) is 23.2 Å². The summed E-state index contributed by atoms with van der Waals surface area (Å²) in [5.74, 6) is -2.96. The Morgan fingerprint density at radius 1 is 1.03 bits per heavy atom. The summed E-state index contributed by atoms with van der Waals surface area (Å²) < 4.78 is 77.8. The van der Waals surface area contributed by atoms with Crippen LogP contribution < -0.4 is 15.4 Å². The third kappa shape index (κ3) is 5.60. The zero-order valence-corrected chi connectivity index (χ0v) is 17.7. The first-order chi connectivity index (χ1) is 16.6. The summed E-state index contributed by atoms with van der Waals surface area (Å²) >= 11 is 5.54. The SMILES string of the molecule is O=C(Nc1ccc(Cl)c(C(F)(F)F)c1)Nc1cc(Oc2cc(-c3nnco3)ncn2)c(F)cc1F. The lowest BCUT2D eigenvalue weighted by atomic mass is 10.2. The summed E-state index contributed by atoms with van der Waals surface area (Å²) in [4.78, 5) is 19.9. The van der Waals surface area contributed by atoms with Crippen LogP contribution in [0.2, 0.25) is 5.02 Å². The highest BCUT2D eigenvalue weighted by Crippen LogP contribution is 2.36. The quantitative estimate of drug-likeness (QED) is 0.319. The maximum absolute atomic E-state index is 14.3. The number of anilines is 2. The number of urea groups is 1. The van der Waals surface area contributed by atoms with Crippen molar-refractivity contribution in [3.05, 3.63) is 71.3 Å². The van der Waals surface area contributed by atoms with Gasteiger partial charge in [0.15, 0.2) is 11.6 Å². The van der Waals surface area contributed by atoms with Gasteiger partial charge in [0.2, 0.25) is 12.3 Å². The van der Waals surface area contributed by atoms with Crippen molar-refractivity contribution in [2.45, 2.75) is 6.18 Å². The first-order valence-electron chi connectivity index (χ1n) is 9.30. The Balaban J connectivity index is 1.52. The molecule has 15 heteroatoms. The lowest BCUT2D eigenvalue weighted by Crippen LogP contribution is -2.20. The van der Waals surface area contributed by atoms with Crippen molar-refractivity contribution in [2.24, 2.45) is 0 Å². The molecule has 0 unspecified atom stereocenters. The summed E-state index contributed by atoms with van der Waals surface area (Å²) in [6.07, 6.45) is -2.62. The van der Waals surface area contributed by atoms with Gasteiger partial charge in [0, 0.05) is 23.9 Å². The molecule has 4 aromatic rings. The highest BCUT2D eigenvalue weighted by molar-refractivity contribution is 6.31. The van der Waals surface area contributed by atoms with Crippen molar-refractivity contribution >= 4 is 29.0 Å². The van der Waals surface area contributed by atoms with Crippen LogP contribution in [0.1, 0.15) is 5.56 Å². The Morgan fingerprint density at radius 2 is 1.83 bits per heavy atom. The highest BCUT2D eigenvalue weighted by Gasteiger charge is 2.33. The van der Waals surface area contributed by atoms with E-state index in [4.69, 9.17) is 20.8 Å². The predicted octanol–water partition coefficient (Wildman–Crippen LogP) is 5.91. The van der Waals surface area contributed by atoms with E-state index in [1.54, 1.807) is 0 Å². The van der Waals surface area contributed by atoms with Gasteiger partial charge in [0.1, 0.15) is 17.8 Å². The van der Waals surface area contributed by atoms with Gasteiger partial charge in [-0.3, -0.25) is 0 Å². The molecule has 0 spiro atoms. The molecule has 4 rings (SSSR count). The van der Waals surface area contributed by atoms with Crippen LogP contribution in [0.3, 0.4) is 0 Å². The standard InChI is InChI=1S/C20H10ClF5N6O3/c21-11-2-1-9(3-10(11)20(24,25)26)30-19(33)31-14-5-16(13(23)4-12(14)22)35-17-6-15(27-7-28-17)18-32-29-8-34-18/h1-8H,(H2,30,31,33). The molecule has 2 heterocycles. The van der Waals surface area contributed by atoms with Crippen LogP contribution in [0.4, 0.5) is 38.1 Å². The lowest BCUT2D eigenvalue weighted by molar-refractivity contribution is -0.137. The summed E-state index contributed by atoms with van der Waals surface area (Å²) in [5, 5.41) is 10.8. The van der Waals surface area contributed by atoms with Crippen LogP contribution >= 0.6 is 11.6 Å². The molecule has 0 aliphatic heterocycles. The summed E-state index contributed by atoms with van der Waals surface area (Å²) in [5.41, 5.74) is -1.82. The van der Waals surface area contributed by atoms with Gasteiger partial charge in [-0.2, -0.15) is 13.2 Å². The normalized spacial score (nSPS) is 11.3. The number of benzene rings is 2. The first kappa shape index (κ1) is 23.8. The molecule has 2 amide bonds. The van der Waals surface area contributed by atoms with Gasteiger partial charge >= 0.3 is 12.2 Å². The maximum atomic E-state index is 14.3. The number of aromatic nitrogens is 4. The number of amides is 2. The van der Waals surface area contributed by atoms with E-state index in [9.17, 15) is 26.7 Å². The van der Waals surface area contributed by atoms with Crippen molar-refractivity contribution in [2.75, 3.05) is 10.6 Å². The smallest absolute Gasteiger partial charge is 0.417 e. The lowest BCUT2D eigenvalue weighted by Gasteiger charge is -2.13. The van der Waals surface area contributed by atoms with Crippen LogP contribution in [0.25, 0.3) is 11.6 Å². The van der Waals surface area contributed by atoms with E-state index < -0.39 is 45.9 Å². The molecule has 2 aromatic heterocycles. The van der Waals surface area contributed by atoms with Gasteiger partial charge in [0.05, 0.1) is 16.3 Å². The predicted molar refractivity (Wildman–Crippen MR) is 111 cm³/mol. The molecule has 0 bridgehead atoms. The van der Waals surface area contributed by atoms with Crippen LogP contribution in [0, 0.1) is 11.6 Å². The van der Waals surface area contributed by atoms with Crippen LogP contribution in [0.5, 0.6) is 11.6 Å². The number of hydrogen-bond acceptors (Lipinski definition) is 7. The molecule has 0 aliphatic carbocycles. The number of carbonyl (C=O) groups excluding carboxylic acids is 1. The monoisotopic (exact) mass is 512 g/mol. The van der Waals surface area contributed by atoms with Crippen molar-refractivity contribution in [3.8, 4) is 23.2 Å². The third-order valence-electron chi connectivity index (χ3n) is 4.24. The van der Waals surface area contributed by atoms with Gasteiger partial charge in [0.25, 0.3) is 5.89 Å². The Morgan fingerprint density at radius 3 is 2.54 bits per heavy atom. The van der Waals surface area contributed by atoms with Crippen LogP contribution in [-0.4, -0.2) is 26.2 Å². The molecule has 0 radical (unpaired) electrons. The fourth-order valence-corrected chi connectivity index (χ4v) is 2.94. The van der Waals surface area contributed by atoms with E-state index in [1.165, 1.54) is 6.07 Å². The molecule has 0 saturated heterocycles. The van der Waals surface area contributed by atoms with Gasteiger partial charge in [-0.05, 0) is 18.2 Å². The van der Waals surface area contributed by atoms with E-state index in [2.05, 4.69) is 30.8 Å². The maximum Gasteiger partial charge on any atom is 0.417 e. The van der Waals surface area contributed by atoms with Gasteiger partial charge < -0.3 is 19.8 Å². The number of nitrogens with zero attached hydrogens (tertiary/aromatic N) is 4. The number of nitrogens with one attached hydrogen (secondary N) is 2. The van der Waals surface area contributed by atoms with E-state index >= 15 is 0 Å². The number of hydrogen-bond donors (Lipinski definition) is 2. The van der Waals surface area contributed by atoms with Crippen molar-refractivity contribution < 1.29 is 35.9 Å². The fraction of sp³-hybridized carbons (Fsp3) is 0.0500. The number of rotatable bonds is 5. The number of alkyl halides is 3. The number of halogens is 6. The Labute approximate surface area is 196 Å². The zero-order chi connectivity index (χ0) is 25.2. The molecule has 0 saturated carbocycles. The minimum atomic E-state index is -4.76. The zero-order valence-electron chi connectivity index (χ0n) is 16.9. The van der Waals surface area contributed by atoms with Crippen molar-refractivity contribution in [1.82, 2.24) is 20.2 Å². The molecule has 2 N–H and O–H groups in total. The highest BCUT2D eigenvalue weighted by atomic mass is 35.5. The Hall–Kier alpha value is -4.33. The second-order valence-corrected chi connectivity index (χ2v) is 7.03. The summed E-state index contributed by atoms with van der Waals surface area (Å²) in [6.45, 7) is 0. The van der Waals surface area contributed by atoms with Crippen molar-refractivity contribution in [3.63, 3.8) is 0 Å². The molecule has 35 heavy (non-hydrogen) atoms. The van der Waals surface area contributed by atoms with E-state index in [1.807, 2.05) is 0 Å². The molecular formula is C20H10ClF5N6O3. The topological polar surface area (TPSA) is 115 Å². The summed E-state index contributed by atoms with van der Waals surface area (Å²) in [7, 11) is 0. The fourth-order valence-electron chi connectivity index (χ4n) is 2.72. The Kier molecular flexibility index (Phi) is 6.46.